The van der Waals surface area contributed by atoms with Crippen LogP contribution >= 0.6 is 11.3 Å². The van der Waals surface area contributed by atoms with Crippen LogP contribution in [0.1, 0.15) is 20.9 Å². The van der Waals surface area contributed by atoms with E-state index in [1.54, 1.807) is 5.38 Å². The molecule has 2 rings (SSSR count). The first-order chi connectivity index (χ1) is 10.2. The molecule has 1 aromatic heterocycles. The van der Waals surface area contributed by atoms with Gasteiger partial charge in [-0.3, -0.25) is 0 Å². The van der Waals surface area contributed by atoms with E-state index in [0.717, 1.165) is 16.4 Å². The first-order valence-corrected chi connectivity index (χ1v) is 8.43. The van der Waals surface area contributed by atoms with Crippen LogP contribution in [-0.2, 0) is 16.6 Å². The molecule has 0 bridgehead atoms. The molecule has 0 aliphatic heterocycles. The number of aryl methyl sites for hydroxylation is 1. The van der Waals surface area contributed by atoms with Gasteiger partial charge in [-0.05, 0) is 24.6 Å². The SMILES string of the molecule is Cc1cc(C(=O)O)c(F)c(S(=O)(=O)N(C)Cc2nccs2)c1. The minimum atomic E-state index is -4.16. The summed E-state index contributed by atoms with van der Waals surface area (Å²) in [7, 11) is -2.87. The Hall–Kier alpha value is -1.84. The second-order valence-electron chi connectivity index (χ2n) is 4.62. The number of aromatic nitrogens is 1. The normalized spacial score (nSPS) is 11.8. The van der Waals surface area contributed by atoms with Crippen molar-refractivity contribution in [3.05, 3.63) is 45.7 Å². The summed E-state index contributed by atoms with van der Waals surface area (Å²) in [6.07, 6.45) is 1.54. The molecule has 0 spiro atoms. The van der Waals surface area contributed by atoms with E-state index in [4.69, 9.17) is 5.11 Å². The Bertz CT molecular complexity index is 804. The van der Waals surface area contributed by atoms with E-state index in [1.165, 1.54) is 31.5 Å². The number of hydrogen-bond donors (Lipinski definition) is 1. The van der Waals surface area contributed by atoms with Crippen molar-refractivity contribution in [2.24, 2.45) is 0 Å². The lowest BCUT2D eigenvalue weighted by Crippen LogP contribution is -2.28. The molecule has 9 heteroatoms. The van der Waals surface area contributed by atoms with Crippen molar-refractivity contribution in [3.63, 3.8) is 0 Å². The molecule has 1 N–H and O–H groups in total. The van der Waals surface area contributed by atoms with Crippen LogP contribution in [-0.4, -0.2) is 35.8 Å². The van der Waals surface area contributed by atoms with Crippen LogP contribution < -0.4 is 0 Å². The van der Waals surface area contributed by atoms with Crippen LogP contribution in [0.3, 0.4) is 0 Å². The van der Waals surface area contributed by atoms with Gasteiger partial charge < -0.3 is 5.11 Å². The van der Waals surface area contributed by atoms with Crippen molar-refractivity contribution in [3.8, 4) is 0 Å². The highest BCUT2D eigenvalue weighted by molar-refractivity contribution is 7.89. The molecule has 0 fully saturated rings. The van der Waals surface area contributed by atoms with E-state index < -0.39 is 32.3 Å². The van der Waals surface area contributed by atoms with E-state index in [0.29, 0.717) is 10.6 Å². The molecule has 0 saturated carbocycles. The summed E-state index contributed by atoms with van der Waals surface area (Å²) >= 11 is 1.27. The smallest absolute Gasteiger partial charge is 0.338 e. The summed E-state index contributed by atoms with van der Waals surface area (Å²) in [5.74, 6) is -2.77. The Balaban J connectivity index is 2.47. The highest BCUT2D eigenvalue weighted by atomic mass is 32.2. The monoisotopic (exact) mass is 344 g/mol. The van der Waals surface area contributed by atoms with Gasteiger partial charge in [0, 0.05) is 18.6 Å². The zero-order valence-corrected chi connectivity index (χ0v) is 13.4. The fraction of sp³-hybridized carbons (Fsp3) is 0.231. The second-order valence-corrected chi connectivity index (χ2v) is 7.61. The average Bonchev–Trinajstić information content (AvgIpc) is 2.93. The zero-order chi connectivity index (χ0) is 16.5. The maximum Gasteiger partial charge on any atom is 0.338 e. The van der Waals surface area contributed by atoms with Gasteiger partial charge in [0.2, 0.25) is 10.0 Å². The quantitative estimate of drug-likeness (QED) is 0.897. The van der Waals surface area contributed by atoms with Gasteiger partial charge in [0.05, 0.1) is 12.1 Å². The lowest BCUT2D eigenvalue weighted by atomic mass is 10.1. The third-order valence-electron chi connectivity index (χ3n) is 2.94. The first-order valence-electron chi connectivity index (χ1n) is 6.11. The van der Waals surface area contributed by atoms with E-state index in [1.807, 2.05) is 0 Å². The molecule has 0 aliphatic carbocycles. The Kier molecular flexibility index (Phi) is 4.59. The molecular weight excluding hydrogens is 331 g/mol. The number of aromatic carboxylic acids is 1. The highest BCUT2D eigenvalue weighted by Gasteiger charge is 2.28. The molecule has 0 saturated heterocycles. The van der Waals surface area contributed by atoms with Gasteiger partial charge in [0.1, 0.15) is 9.90 Å². The largest absolute Gasteiger partial charge is 0.478 e. The van der Waals surface area contributed by atoms with Gasteiger partial charge in [-0.15, -0.1) is 11.3 Å². The lowest BCUT2D eigenvalue weighted by Gasteiger charge is -2.17. The van der Waals surface area contributed by atoms with Crippen molar-refractivity contribution >= 4 is 27.3 Å². The number of halogens is 1. The fourth-order valence-electron chi connectivity index (χ4n) is 1.85. The highest BCUT2D eigenvalue weighted by Crippen LogP contribution is 2.24. The number of sulfonamides is 1. The molecule has 22 heavy (non-hydrogen) atoms. The standard InChI is InChI=1S/C13H13FN2O4S2/c1-8-5-9(13(17)18)12(14)10(6-8)22(19,20)16(2)7-11-15-3-4-21-11/h3-6H,7H2,1-2H3,(H,17,18). The van der Waals surface area contributed by atoms with E-state index >= 15 is 0 Å². The summed E-state index contributed by atoms with van der Waals surface area (Å²) in [5.41, 5.74) is -0.318. The van der Waals surface area contributed by atoms with Crippen LogP contribution in [0, 0.1) is 12.7 Å². The number of carbonyl (C=O) groups is 1. The zero-order valence-electron chi connectivity index (χ0n) is 11.8. The summed E-state index contributed by atoms with van der Waals surface area (Å²) in [6.45, 7) is 1.49. The predicted molar refractivity (Wildman–Crippen MR) is 78.9 cm³/mol. The van der Waals surface area contributed by atoms with Crippen LogP contribution in [0.4, 0.5) is 4.39 Å². The molecule has 2 aromatic rings. The number of hydrogen-bond acceptors (Lipinski definition) is 5. The first kappa shape index (κ1) is 16.5. The van der Waals surface area contributed by atoms with E-state index in [-0.39, 0.29) is 6.54 Å². The number of benzene rings is 1. The summed E-state index contributed by atoms with van der Waals surface area (Å²) in [6, 6.07) is 2.22. The van der Waals surface area contributed by atoms with Gasteiger partial charge in [0.25, 0.3) is 0 Å². The Morgan fingerprint density at radius 2 is 2.14 bits per heavy atom. The molecule has 118 valence electrons. The van der Waals surface area contributed by atoms with E-state index in [2.05, 4.69) is 4.98 Å². The number of carboxylic acid groups (broad SMARTS) is 1. The van der Waals surface area contributed by atoms with Crippen LogP contribution in [0.5, 0.6) is 0 Å². The van der Waals surface area contributed by atoms with E-state index in [9.17, 15) is 17.6 Å². The number of carboxylic acids is 1. The van der Waals surface area contributed by atoms with Gasteiger partial charge in [0.15, 0.2) is 5.82 Å². The minimum Gasteiger partial charge on any atom is -0.478 e. The Morgan fingerprint density at radius 1 is 1.45 bits per heavy atom. The maximum absolute atomic E-state index is 14.2. The second kappa shape index (κ2) is 6.11. The van der Waals surface area contributed by atoms with Crippen LogP contribution in [0.15, 0.2) is 28.6 Å². The topological polar surface area (TPSA) is 87.6 Å². The van der Waals surface area contributed by atoms with Gasteiger partial charge in [-0.1, -0.05) is 0 Å². The molecule has 0 radical (unpaired) electrons. The van der Waals surface area contributed by atoms with Crippen molar-refractivity contribution in [1.82, 2.24) is 9.29 Å². The summed E-state index contributed by atoms with van der Waals surface area (Å²) < 4.78 is 40.1. The summed E-state index contributed by atoms with van der Waals surface area (Å²) in [5, 5.41) is 11.2. The molecular formula is C13H13FN2O4S2. The van der Waals surface area contributed by atoms with Crippen molar-refractivity contribution in [2.75, 3.05) is 7.05 Å². The minimum absolute atomic E-state index is 0.0181. The number of rotatable bonds is 5. The molecule has 0 amide bonds. The third kappa shape index (κ3) is 3.16. The van der Waals surface area contributed by atoms with Crippen LogP contribution in [0.2, 0.25) is 0 Å². The molecule has 6 nitrogen and oxygen atoms in total. The fourth-order valence-corrected chi connectivity index (χ4v) is 3.90. The van der Waals surface area contributed by atoms with Crippen molar-refractivity contribution in [1.29, 1.82) is 0 Å². The number of nitrogens with zero attached hydrogens (tertiary/aromatic N) is 2. The molecule has 1 heterocycles. The van der Waals surface area contributed by atoms with Crippen LogP contribution in [0.25, 0.3) is 0 Å². The van der Waals surface area contributed by atoms with Crippen molar-refractivity contribution in [2.45, 2.75) is 18.4 Å². The molecule has 0 atom stereocenters. The predicted octanol–water partition coefficient (Wildman–Crippen LogP) is 2.11. The Morgan fingerprint density at radius 3 is 2.68 bits per heavy atom. The maximum atomic E-state index is 14.2. The summed E-state index contributed by atoms with van der Waals surface area (Å²) in [4.78, 5) is 14.3. The lowest BCUT2D eigenvalue weighted by molar-refractivity contribution is 0.0691. The van der Waals surface area contributed by atoms with Gasteiger partial charge in [-0.2, -0.15) is 4.31 Å². The third-order valence-corrected chi connectivity index (χ3v) is 5.51. The Labute approximate surface area is 130 Å². The average molecular weight is 344 g/mol. The number of thiazole rings is 1. The van der Waals surface area contributed by atoms with Gasteiger partial charge in [-0.25, -0.2) is 22.6 Å². The molecule has 1 aromatic carbocycles. The molecule has 0 aliphatic rings. The molecule has 0 unspecified atom stereocenters. The van der Waals surface area contributed by atoms with Gasteiger partial charge >= 0.3 is 5.97 Å². The van der Waals surface area contributed by atoms with Crippen molar-refractivity contribution < 1.29 is 22.7 Å².